The number of carbonyl (C=O) groups excluding carboxylic acids is 1. The topological polar surface area (TPSA) is 59.2 Å². The Balaban J connectivity index is 2.14. The number of nitrogens with two attached hydrogens (primary N) is 1. The van der Waals surface area contributed by atoms with Gasteiger partial charge in [0.2, 0.25) is 0 Å². The third-order valence-corrected chi connectivity index (χ3v) is 3.90. The molecular weight excluding hydrogens is 283 g/mol. The molecule has 2 N–H and O–H groups in total. The van der Waals surface area contributed by atoms with E-state index >= 15 is 0 Å². The van der Waals surface area contributed by atoms with Crippen molar-refractivity contribution in [1.82, 2.24) is 9.88 Å². The lowest BCUT2D eigenvalue weighted by Crippen LogP contribution is -2.54. The fourth-order valence-electron chi connectivity index (χ4n) is 2.42. The number of pyridine rings is 1. The van der Waals surface area contributed by atoms with E-state index in [1.807, 2.05) is 13.8 Å². The quantitative estimate of drug-likeness (QED) is 0.866. The fourth-order valence-corrected chi connectivity index (χ4v) is 2.42. The number of piperidine rings is 1. The van der Waals surface area contributed by atoms with Crippen LogP contribution in [0.5, 0.6) is 0 Å². The summed E-state index contributed by atoms with van der Waals surface area (Å²) in [5.74, 6) is -0.309. The Bertz CT molecular complexity index is 525. The van der Waals surface area contributed by atoms with Crippen molar-refractivity contribution >= 4 is 5.91 Å². The summed E-state index contributed by atoms with van der Waals surface area (Å²) < 4.78 is 37.3. The molecule has 0 bridgehead atoms. The molecule has 1 aromatic rings. The van der Waals surface area contributed by atoms with Gasteiger partial charge >= 0.3 is 6.18 Å². The van der Waals surface area contributed by atoms with Crippen LogP contribution in [0.25, 0.3) is 0 Å². The van der Waals surface area contributed by atoms with Crippen LogP contribution >= 0.6 is 0 Å². The lowest BCUT2D eigenvalue weighted by molar-refractivity contribution is -0.141. The molecule has 1 saturated heterocycles. The number of hydrogen-bond donors (Lipinski definition) is 1. The van der Waals surface area contributed by atoms with Gasteiger partial charge in [-0.1, -0.05) is 13.8 Å². The van der Waals surface area contributed by atoms with Crippen LogP contribution < -0.4 is 5.73 Å². The zero-order valence-electron chi connectivity index (χ0n) is 11.9. The molecule has 0 aromatic carbocycles. The van der Waals surface area contributed by atoms with Crippen molar-refractivity contribution in [2.75, 3.05) is 13.1 Å². The number of nitrogens with zero attached hydrogens (tertiary/aromatic N) is 2. The van der Waals surface area contributed by atoms with Crippen LogP contribution in [0, 0.1) is 5.41 Å². The Labute approximate surface area is 121 Å². The van der Waals surface area contributed by atoms with E-state index in [4.69, 9.17) is 5.73 Å². The van der Waals surface area contributed by atoms with E-state index in [2.05, 4.69) is 4.98 Å². The second-order valence-corrected chi connectivity index (χ2v) is 6.04. The van der Waals surface area contributed by atoms with E-state index in [1.165, 1.54) is 6.07 Å². The van der Waals surface area contributed by atoms with E-state index in [0.717, 1.165) is 12.3 Å². The molecule has 1 atom stereocenters. The number of amides is 1. The van der Waals surface area contributed by atoms with Crippen molar-refractivity contribution in [1.29, 1.82) is 0 Å². The molecule has 0 spiro atoms. The van der Waals surface area contributed by atoms with Gasteiger partial charge in [-0.3, -0.25) is 9.78 Å². The average Bonchev–Trinajstić information content (AvgIpc) is 2.40. The molecule has 4 nitrogen and oxygen atoms in total. The smallest absolute Gasteiger partial charge is 0.338 e. The molecule has 0 aliphatic carbocycles. The third-order valence-electron chi connectivity index (χ3n) is 3.90. The second-order valence-electron chi connectivity index (χ2n) is 6.04. The monoisotopic (exact) mass is 301 g/mol. The van der Waals surface area contributed by atoms with Gasteiger partial charge in [0.15, 0.2) is 0 Å². The maximum Gasteiger partial charge on any atom is 0.433 e. The molecule has 2 heterocycles. The Morgan fingerprint density at radius 2 is 2.10 bits per heavy atom. The van der Waals surface area contributed by atoms with E-state index in [9.17, 15) is 18.0 Å². The minimum Gasteiger partial charge on any atom is -0.338 e. The molecule has 1 unspecified atom stereocenters. The Kier molecular flexibility index (Phi) is 3.97. The second kappa shape index (κ2) is 5.29. The highest BCUT2D eigenvalue weighted by atomic mass is 19.4. The van der Waals surface area contributed by atoms with Crippen LogP contribution in [-0.4, -0.2) is 34.9 Å². The molecule has 1 fully saturated rings. The summed E-state index contributed by atoms with van der Waals surface area (Å²) in [4.78, 5) is 17.3. The number of likely N-dealkylation sites (tertiary alicyclic amines) is 1. The summed E-state index contributed by atoms with van der Waals surface area (Å²) in [6, 6.07) is 2.00. The molecule has 116 valence electrons. The fraction of sp³-hybridized carbons (Fsp3) is 0.571. The normalized spacial score (nSPS) is 22.2. The summed E-state index contributed by atoms with van der Waals surface area (Å²) in [7, 11) is 0. The molecule has 1 aliphatic heterocycles. The maximum absolute atomic E-state index is 12.4. The van der Waals surface area contributed by atoms with Gasteiger partial charge < -0.3 is 10.6 Å². The molecule has 2 rings (SSSR count). The highest BCUT2D eigenvalue weighted by Gasteiger charge is 2.36. The van der Waals surface area contributed by atoms with Crippen LogP contribution in [0.1, 0.15) is 36.3 Å². The zero-order chi connectivity index (χ0) is 15.8. The SMILES string of the molecule is CC1(C)CN(C(=O)c2ccc(C(F)(F)F)nc2)CCC1N. The first-order chi connectivity index (χ1) is 9.61. The van der Waals surface area contributed by atoms with E-state index < -0.39 is 11.9 Å². The van der Waals surface area contributed by atoms with Crippen LogP contribution in [0.3, 0.4) is 0 Å². The van der Waals surface area contributed by atoms with Gasteiger partial charge in [0.05, 0.1) is 5.56 Å². The van der Waals surface area contributed by atoms with Crippen molar-refractivity contribution in [3.63, 3.8) is 0 Å². The Morgan fingerprint density at radius 3 is 2.57 bits per heavy atom. The number of carbonyl (C=O) groups is 1. The largest absolute Gasteiger partial charge is 0.433 e. The maximum atomic E-state index is 12.4. The van der Waals surface area contributed by atoms with Gasteiger partial charge in [-0.15, -0.1) is 0 Å². The number of alkyl halides is 3. The molecule has 1 aromatic heterocycles. The summed E-state index contributed by atoms with van der Waals surface area (Å²) in [5, 5.41) is 0. The minimum absolute atomic E-state index is 0.00674. The van der Waals surface area contributed by atoms with Crippen LogP contribution in [0.2, 0.25) is 0 Å². The molecule has 7 heteroatoms. The first kappa shape index (κ1) is 15.8. The van der Waals surface area contributed by atoms with Crippen molar-refractivity contribution in [2.45, 2.75) is 32.5 Å². The summed E-state index contributed by atoms with van der Waals surface area (Å²) in [6.45, 7) is 4.93. The average molecular weight is 301 g/mol. The Hall–Kier alpha value is -1.63. The predicted octanol–water partition coefficient (Wildman–Crippen LogP) is 2.30. The summed E-state index contributed by atoms with van der Waals surface area (Å²) >= 11 is 0. The summed E-state index contributed by atoms with van der Waals surface area (Å²) in [6.07, 6.45) is -2.85. The lowest BCUT2D eigenvalue weighted by Gasteiger charge is -2.42. The number of halogens is 3. The molecular formula is C14H18F3N3O. The van der Waals surface area contributed by atoms with E-state index in [1.54, 1.807) is 4.90 Å². The van der Waals surface area contributed by atoms with E-state index in [0.29, 0.717) is 19.5 Å². The van der Waals surface area contributed by atoms with E-state index in [-0.39, 0.29) is 22.9 Å². The molecule has 1 amide bonds. The minimum atomic E-state index is -4.50. The third kappa shape index (κ3) is 3.34. The molecule has 0 radical (unpaired) electrons. The van der Waals surface area contributed by atoms with Crippen LogP contribution in [-0.2, 0) is 6.18 Å². The van der Waals surface area contributed by atoms with Gasteiger partial charge in [0.25, 0.3) is 5.91 Å². The van der Waals surface area contributed by atoms with Gasteiger partial charge in [0, 0.05) is 25.3 Å². The lowest BCUT2D eigenvalue weighted by atomic mass is 9.79. The van der Waals surface area contributed by atoms with Gasteiger partial charge in [-0.25, -0.2) is 0 Å². The molecule has 0 saturated carbocycles. The number of aromatic nitrogens is 1. The van der Waals surface area contributed by atoms with Gasteiger partial charge in [-0.2, -0.15) is 13.2 Å². The van der Waals surface area contributed by atoms with Crippen LogP contribution in [0.15, 0.2) is 18.3 Å². The van der Waals surface area contributed by atoms with Crippen molar-refractivity contribution in [3.05, 3.63) is 29.6 Å². The predicted molar refractivity (Wildman–Crippen MR) is 71.5 cm³/mol. The van der Waals surface area contributed by atoms with Crippen molar-refractivity contribution < 1.29 is 18.0 Å². The first-order valence-electron chi connectivity index (χ1n) is 6.69. The molecule has 1 aliphatic rings. The summed E-state index contributed by atoms with van der Waals surface area (Å²) in [5.41, 5.74) is 4.95. The van der Waals surface area contributed by atoms with Gasteiger partial charge in [0.1, 0.15) is 5.69 Å². The van der Waals surface area contributed by atoms with Crippen LogP contribution in [0.4, 0.5) is 13.2 Å². The Morgan fingerprint density at radius 1 is 1.43 bits per heavy atom. The number of rotatable bonds is 1. The van der Waals surface area contributed by atoms with Gasteiger partial charge in [-0.05, 0) is 24.0 Å². The zero-order valence-corrected chi connectivity index (χ0v) is 11.9. The van der Waals surface area contributed by atoms with Crippen molar-refractivity contribution in [2.24, 2.45) is 11.1 Å². The molecule has 21 heavy (non-hydrogen) atoms. The highest BCUT2D eigenvalue weighted by molar-refractivity contribution is 5.94. The number of hydrogen-bond acceptors (Lipinski definition) is 3. The first-order valence-corrected chi connectivity index (χ1v) is 6.69. The highest BCUT2D eigenvalue weighted by Crippen LogP contribution is 2.29. The standard InChI is InChI=1S/C14H18F3N3O/c1-13(2)8-20(6-5-10(13)18)12(21)9-3-4-11(19-7-9)14(15,16)17/h3-4,7,10H,5-6,8,18H2,1-2H3. The van der Waals surface area contributed by atoms with Crippen molar-refractivity contribution in [3.8, 4) is 0 Å².